The zero-order chi connectivity index (χ0) is 21.3. The molecule has 4 rings (SSSR count). The molecule has 0 unspecified atom stereocenters. The molecule has 0 spiro atoms. The van der Waals surface area contributed by atoms with Gasteiger partial charge < -0.3 is 14.8 Å². The Hall–Kier alpha value is -3.15. The van der Waals surface area contributed by atoms with E-state index < -0.39 is 11.6 Å². The van der Waals surface area contributed by atoms with Crippen LogP contribution < -0.4 is 10.2 Å². The SMILES string of the molecule is Cc1cc(C(=O)Nc2cc(F)c(N3CCCC3)c(F)c2)c(C)n1Cc1ccccc1. The maximum atomic E-state index is 14.6. The van der Waals surface area contributed by atoms with Crippen LogP contribution in [0.25, 0.3) is 0 Å². The molecule has 1 aromatic heterocycles. The number of anilines is 2. The molecule has 1 aliphatic heterocycles. The predicted octanol–water partition coefficient (Wildman–Crippen LogP) is 5.28. The van der Waals surface area contributed by atoms with Gasteiger partial charge in [-0.25, -0.2) is 8.78 Å². The first-order valence-corrected chi connectivity index (χ1v) is 10.2. The highest BCUT2D eigenvalue weighted by atomic mass is 19.1. The third kappa shape index (κ3) is 3.95. The number of hydrogen-bond donors (Lipinski definition) is 1. The lowest BCUT2D eigenvalue weighted by molar-refractivity contribution is 0.102. The molecule has 4 nitrogen and oxygen atoms in total. The topological polar surface area (TPSA) is 37.3 Å². The normalized spacial score (nSPS) is 13.7. The lowest BCUT2D eigenvalue weighted by Crippen LogP contribution is -2.21. The largest absolute Gasteiger partial charge is 0.367 e. The highest BCUT2D eigenvalue weighted by molar-refractivity contribution is 6.05. The third-order valence-electron chi connectivity index (χ3n) is 5.70. The van der Waals surface area contributed by atoms with Gasteiger partial charge in [0.25, 0.3) is 5.91 Å². The molecular formula is C24H25F2N3O. The summed E-state index contributed by atoms with van der Waals surface area (Å²) in [5.41, 5.74) is 3.49. The van der Waals surface area contributed by atoms with Gasteiger partial charge in [-0.2, -0.15) is 0 Å². The minimum Gasteiger partial charge on any atom is -0.367 e. The molecule has 3 aromatic rings. The number of amides is 1. The van der Waals surface area contributed by atoms with Crippen molar-refractivity contribution in [3.63, 3.8) is 0 Å². The molecule has 0 bridgehead atoms. The van der Waals surface area contributed by atoms with Crippen molar-refractivity contribution in [3.8, 4) is 0 Å². The number of aromatic nitrogens is 1. The molecule has 1 amide bonds. The van der Waals surface area contributed by atoms with Crippen LogP contribution in [0.4, 0.5) is 20.2 Å². The van der Waals surface area contributed by atoms with Crippen LogP contribution in [0.15, 0.2) is 48.5 Å². The maximum Gasteiger partial charge on any atom is 0.257 e. The quantitative estimate of drug-likeness (QED) is 0.622. The number of carbonyl (C=O) groups excluding carboxylic acids is 1. The molecule has 6 heteroatoms. The van der Waals surface area contributed by atoms with Crippen molar-refractivity contribution in [3.05, 3.63) is 82.7 Å². The number of benzene rings is 2. The first-order chi connectivity index (χ1) is 14.4. The van der Waals surface area contributed by atoms with Gasteiger partial charge >= 0.3 is 0 Å². The number of rotatable bonds is 5. The summed E-state index contributed by atoms with van der Waals surface area (Å²) in [5, 5.41) is 2.65. The lowest BCUT2D eigenvalue weighted by Gasteiger charge is -2.19. The van der Waals surface area contributed by atoms with Gasteiger partial charge in [-0.1, -0.05) is 30.3 Å². The van der Waals surface area contributed by atoms with E-state index in [1.807, 2.05) is 44.2 Å². The van der Waals surface area contributed by atoms with Crippen LogP contribution in [-0.2, 0) is 6.54 Å². The molecular weight excluding hydrogens is 384 g/mol. The van der Waals surface area contributed by atoms with Gasteiger partial charge in [-0.05, 0) is 50.5 Å². The number of nitrogens with zero attached hydrogens (tertiary/aromatic N) is 2. The fourth-order valence-electron chi connectivity index (χ4n) is 4.12. The minimum atomic E-state index is -0.651. The van der Waals surface area contributed by atoms with Gasteiger partial charge in [0.2, 0.25) is 0 Å². The molecule has 0 aliphatic carbocycles. The van der Waals surface area contributed by atoms with Gasteiger partial charge in [-0.15, -0.1) is 0 Å². The summed E-state index contributed by atoms with van der Waals surface area (Å²) in [6, 6.07) is 14.2. The predicted molar refractivity (Wildman–Crippen MR) is 115 cm³/mol. The highest BCUT2D eigenvalue weighted by Crippen LogP contribution is 2.30. The Labute approximate surface area is 175 Å². The van der Waals surface area contributed by atoms with E-state index in [0.29, 0.717) is 25.2 Å². The number of carbonyl (C=O) groups is 1. The summed E-state index contributed by atoms with van der Waals surface area (Å²) in [6.45, 7) is 5.76. The highest BCUT2D eigenvalue weighted by Gasteiger charge is 2.22. The monoisotopic (exact) mass is 409 g/mol. The number of hydrogen-bond acceptors (Lipinski definition) is 2. The molecule has 0 radical (unpaired) electrons. The smallest absolute Gasteiger partial charge is 0.257 e. The van der Waals surface area contributed by atoms with Crippen LogP contribution in [0, 0.1) is 25.5 Å². The van der Waals surface area contributed by atoms with E-state index in [-0.39, 0.29) is 17.3 Å². The molecule has 1 aliphatic rings. The van der Waals surface area contributed by atoms with E-state index in [4.69, 9.17) is 0 Å². The van der Waals surface area contributed by atoms with E-state index in [0.717, 1.165) is 29.8 Å². The number of nitrogens with one attached hydrogen (secondary N) is 1. The zero-order valence-corrected chi connectivity index (χ0v) is 17.2. The Kier molecular flexibility index (Phi) is 5.57. The van der Waals surface area contributed by atoms with Crippen molar-refractivity contribution >= 4 is 17.3 Å². The average Bonchev–Trinajstić information content (AvgIpc) is 3.32. The maximum absolute atomic E-state index is 14.6. The summed E-state index contributed by atoms with van der Waals surface area (Å²) < 4.78 is 31.2. The van der Waals surface area contributed by atoms with E-state index in [1.54, 1.807) is 11.0 Å². The summed E-state index contributed by atoms with van der Waals surface area (Å²) in [5.74, 6) is -1.68. The fourth-order valence-corrected chi connectivity index (χ4v) is 4.12. The Bertz CT molecular complexity index is 1050. The first-order valence-electron chi connectivity index (χ1n) is 10.2. The second-order valence-electron chi connectivity index (χ2n) is 7.79. The van der Waals surface area contributed by atoms with Crippen LogP contribution in [0.1, 0.15) is 40.2 Å². The molecule has 0 atom stereocenters. The molecule has 1 N–H and O–H groups in total. The van der Waals surface area contributed by atoms with Crippen molar-refractivity contribution in [2.75, 3.05) is 23.3 Å². The average molecular weight is 409 g/mol. The van der Waals surface area contributed by atoms with Gasteiger partial charge in [-0.3, -0.25) is 4.79 Å². The number of aryl methyl sites for hydroxylation is 1. The molecule has 30 heavy (non-hydrogen) atoms. The van der Waals surface area contributed by atoms with E-state index in [1.165, 1.54) is 12.1 Å². The summed E-state index contributed by atoms with van der Waals surface area (Å²) >= 11 is 0. The van der Waals surface area contributed by atoms with E-state index in [9.17, 15) is 13.6 Å². The summed E-state index contributed by atoms with van der Waals surface area (Å²) in [7, 11) is 0. The van der Waals surface area contributed by atoms with Crippen molar-refractivity contribution in [1.82, 2.24) is 4.57 Å². The van der Waals surface area contributed by atoms with Crippen LogP contribution in [0.2, 0.25) is 0 Å². The lowest BCUT2D eigenvalue weighted by atomic mass is 10.2. The van der Waals surface area contributed by atoms with E-state index >= 15 is 0 Å². The molecule has 0 saturated carbocycles. The first kappa shape index (κ1) is 20.1. The Morgan fingerprint density at radius 1 is 1.00 bits per heavy atom. The second-order valence-corrected chi connectivity index (χ2v) is 7.79. The van der Waals surface area contributed by atoms with Crippen LogP contribution in [-0.4, -0.2) is 23.6 Å². The van der Waals surface area contributed by atoms with Crippen LogP contribution >= 0.6 is 0 Å². The minimum absolute atomic E-state index is 0.00784. The molecule has 1 fully saturated rings. The van der Waals surface area contributed by atoms with Gasteiger partial charge in [0, 0.05) is 36.7 Å². The van der Waals surface area contributed by atoms with Gasteiger partial charge in [0.15, 0.2) is 11.6 Å². The van der Waals surface area contributed by atoms with E-state index in [2.05, 4.69) is 9.88 Å². The Balaban J connectivity index is 1.55. The van der Waals surface area contributed by atoms with Crippen molar-refractivity contribution in [2.24, 2.45) is 0 Å². The number of halogens is 2. The molecule has 2 heterocycles. The fraction of sp³-hybridized carbons (Fsp3) is 0.292. The standard InChI is InChI=1S/C24H25F2N3O/c1-16-12-20(17(2)29(16)15-18-8-4-3-5-9-18)24(30)27-19-13-21(25)23(22(26)14-19)28-10-6-7-11-28/h3-5,8-9,12-14H,6-7,10-11,15H2,1-2H3,(H,27,30). The Morgan fingerprint density at radius 2 is 1.63 bits per heavy atom. The molecule has 156 valence electrons. The second kappa shape index (κ2) is 8.30. The van der Waals surface area contributed by atoms with Crippen LogP contribution in [0.5, 0.6) is 0 Å². The van der Waals surface area contributed by atoms with Gasteiger partial charge in [0.05, 0.1) is 5.56 Å². The van der Waals surface area contributed by atoms with Crippen molar-refractivity contribution < 1.29 is 13.6 Å². The molecule has 2 aromatic carbocycles. The summed E-state index contributed by atoms with van der Waals surface area (Å²) in [4.78, 5) is 14.6. The Morgan fingerprint density at radius 3 is 2.27 bits per heavy atom. The zero-order valence-electron chi connectivity index (χ0n) is 17.2. The van der Waals surface area contributed by atoms with Crippen molar-refractivity contribution in [2.45, 2.75) is 33.2 Å². The summed E-state index contributed by atoms with van der Waals surface area (Å²) in [6.07, 6.45) is 1.85. The third-order valence-corrected chi connectivity index (χ3v) is 5.70. The van der Waals surface area contributed by atoms with Gasteiger partial charge in [0.1, 0.15) is 5.69 Å². The van der Waals surface area contributed by atoms with Crippen molar-refractivity contribution in [1.29, 1.82) is 0 Å². The van der Waals surface area contributed by atoms with Crippen LogP contribution in [0.3, 0.4) is 0 Å². The molecule has 1 saturated heterocycles.